The molecule has 6 heteroatoms. The summed E-state index contributed by atoms with van der Waals surface area (Å²) in [6.45, 7) is 3.22. The second-order valence-electron chi connectivity index (χ2n) is 6.79. The number of halogens is 2. The summed E-state index contributed by atoms with van der Waals surface area (Å²) >= 11 is 3.10. The highest BCUT2D eigenvalue weighted by atomic mass is 79.9. The zero-order chi connectivity index (χ0) is 18.8. The number of hydrogen-bond acceptors (Lipinski definition) is 3. The highest BCUT2D eigenvalue weighted by Gasteiger charge is 2.15. The Morgan fingerprint density at radius 1 is 1.19 bits per heavy atom. The lowest BCUT2D eigenvalue weighted by molar-refractivity contribution is 0.102. The van der Waals surface area contributed by atoms with Gasteiger partial charge in [0.2, 0.25) is 0 Å². The zero-order valence-corrected chi connectivity index (χ0v) is 16.3. The molecule has 1 N–H and O–H groups in total. The number of amides is 1. The molecular formula is C21H19BrFN3O. The highest BCUT2D eigenvalue weighted by molar-refractivity contribution is 9.10. The molecule has 0 aliphatic carbocycles. The topological polar surface area (TPSA) is 45.2 Å². The van der Waals surface area contributed by atoms with Gasteiger partial charge in [-0.15, -0.1) is 0 Å². The first-order valence-electron chi connectivity index (χ1n) is 8.96. The van der Waals surface area contributed by atoms with Crippen LogP contribution in [0.2, 0.25) is 0 Å². The smallest absolute Gasteiger partial charge is 0.258 e. The van der Waals surface area contributed by atoms with E-state index >= 15 is 0 Å². The van der Waals surface area contributed by atoms with Crippen molar-refractivity contribution in [2.24, 2.45) is 0 Å². The van der Waals surface area contributed by atoms with Crippen LogP contribution in [0, 0.1) is 5.82 Å². The molecule has 2 heterocycles. The second-order valence-corrected chi connectivity index (χ2v) is 7.64. The number of rotatable bonds is 4. The van der Waals surface area contributed by atoms with E-state index in [1.807, 2.05) is 24.4 Å². The Balaban J connectivity index is 1.52. The van der Waals surface area contributed by atoms with E-state index in [4.69, 9.17) is 0 Å². The van der Waals surface area contributed by atoms with Crippen LogP contribution in [0.3, 0.4) is 0 Å². The molecule has 0 atom stereocenters. The minimum absolute atomic E-state index is 0.00149. The lowest BCUT2D eigenvalue weighted by Gasteiger charge is -2.14. The molecule has 0 bridgehead atoms. The van der Waals surface area contributed by atoms with Crippen molar-refractivity contribution >= 4 is 38.4 Å². The van der Waals surface area contributed by atoms with Crippen LogP contribution in [0.5, 0.6) is 0 Å². The molecule has 1 aromatic heterocycles. The van der Waals surface area contributed by atoms with Crippen LogP contribution >= 0.6 is 15.9 Å². The summed E-state index contributed by atoms with van der Waals surface area (Å²) in [5.41, 5.74) is 2.58. The van der Waals surface area contributed by atoms with Crippen molar-refractivity contribution in [1.82, 2.24) is 9.88 Å². The number of carbonyl (C=O) groups excluding carboxylic acids is 1. The third kappa shape index (κ3) is 4.01. The van der Waals surface area contributed by atoms with E-state index in [-0.39, 0.29) is 10.0 Å². The summed E-state index contributed by atoms with van der Waals surface area (Å²) in [5, 5.41) is 3.77. The van der Waals surface area contributed by atoms with Crippen LogP contribution < -0.4 is 5.32 Å². The maximum Gasteiger partial charge on any atom is 0.258 e. The summed E-state index contributed by atoms with van der Waals surface area (Å²) in [6, 6.07) is 12.3. The number of anilines is 1. The van der Waals surface area contributed by atoms with E-state index in [2.05, 4.69) is 37.2 Å². The number of carbonyl (C=O) groups is 1. The first-order valence-corrected chi connectivity index (χ1v) is 9.76. The normalized spacial score (nSPS) is 14.6. The van der Waals surface area contributed by atoms with E-state index in [0.717, 1.165) is 30.5 Å². The molecular weight excluding hydrogens is 409 g/mol. The van der Waals surface area contributed by atoms with Gasteiger partial charge in [-0.1, -0.05) is 12.1 Å². The number of benzene rings is 2. The molecule has 1 saturated heterocycles. The molecule has 3 aromatic rings. The van der Waals surface area contributed by atoms with Gasteiger partial charge in [0.05, 0.1) is 15.6 Å². The van der Waals surface area contributed by atoms with Gasteiger partial charge < -0.3 is 5.32 Å². The van der Waals surface area contributed by atoms with E-state index in [1.165, 1.54) is 24.5 Å². The van der Waals surface area contributed by atoms with Crippen LogP contribution in [-0.2, 0) is 6.54 Å². The number of likely N-dealkylation sites (tertiary alicyclic amines) is 1. The Kier molecular flexibility index (Phi) is 5.18. The summed E-state index contributed by atoms with van der Waals surface area (Å²) in [4.78, 5) is 19.3. The standard InChI is InChI=1S/C21H19BrFN3O/c22-18-5-3-4-17(20(18)23)21(27)25-16-7-6-15-10-14(12-24-19(15)11-16)13-26-8-1-2-9-26/h3-7,10-12H,1-2,8-9,13H2,(H,25,27). The lowest BCUT2D eigenvalue weighted by Crippen LogP contribution is -2.18. The van der Waals surface area contributed by atoms with E-state index in [1.54, 1.807) is 12.1 Å². The largest absolute Gasteiger partial charge is 0.322 e. The number of fused-ring (bicyclic) bond motifs is 1. The van der Waals surface area contributed by atoms with Crippen LogP contribution in [0.1, 0.15) is 28.8 Å². The van der Waals surface area contributed by atoms with Gasteiger partial charge in [0.25, 0.3) is 5.91 Å². The number of nitrogens with one attached hydrogen (secondary N) is 1. The average Bonchev–Trinajstić information content (AvgIpc) is 3.17. The molecule has 1 amide bonds. The van der Waals surface area contributed by atoms with Gasteiger partial charge in [-0.05, 0) is 77.8 Å². The number of aromatic nitrogens is 1. The van der Waals surface area contributed by atoms with Crippen LogP contribution in [0.15, 0.2) is 53.1 Å². The summed E-state index contributed by atoms with van der Waals surface area (Å²) in [6.07, 6.45) is 4.42. The van der Waals surface area contributed by atoms with E-state index < -0.39 is 11.7 Å². The predicted octanol–water partition coefficient (Wildman–Crippen LogP) is 4.98. The summed E-state index contributed by atoms with van der Waals surface area (Å²) in [5.74, 6) is -1.06. The fraction of sp³-hybridized carbons (Fsp3) is 0.238. The third-order valence-electron chi connectivity index (χ3n) is 4.80. The molecule has 4 rings (SSSR count). The molecule has 2 aromatic carbocycles. The van der Waals surface area contributed by atoms with Gasteiger partial charge >= 0.3 is 0 Å². The molecule has 0 unspecified atom stereocenters. The van der Waals surface area contributed by atoms with Crippen molar-refractivity contribution in [3.63, 3.8) is 0 Å². The fourth-order valence-corrected chi connectivity index (χ4v) is 3.77. The molecule has 0 spiro atoms. The zero-order valence-electron chi connectivity index (χ0n) is 14.7. The quantitative estimate of drug-likeness (QED) is 0.637. The molecule has 1 aliphatic rings. The summed E-state index contributed by atoms with van der Waals surface area (Å²) < 4.78 is 14.4. The van der Waals surface area contributed by atoms with Crippen LogP contribution in [-0.4, -0.2) is 28.9 Å². The fourth-order valence-electron chi connectivity index (χ4n) is 3.41. The molecule has 1 fully saturated rings. The maximum atomic E-state index is 14.1. The third-order valence-corrected chi connectivity index (χ3v) is 5.41. The number of pyridine rings is 1. The number of hydrogen-bond donors (Lipinski definition) is 1. The first kappa shape index (κ1) is 18.1. The Bertz CT molecular complexity index is 1000. The monoisotopic (exact) mass is 427 g/mol. The van der Waals surface area contributed by atoms with Crippen molar-refractivity contribution in [3.05, 3.63) is 70.1 Å². The molecule has 0 saturated carbocycles. The maximum absolute atomic E-state index is 14.1. The minimum Gasteiger partial charge on any atom is -0.322 e. The minimum atomic E-state index is -0.569. The second kappa shape index (κ2) is 7.74. The van der Waals surface area contributed by atoms with Gasteiger partial charge in [0.1, 0.15) is 5.82 Å². The van der Waals surface area contributed by atoms with Gasteiger partial charge in [0, 0.05) is 23.8 Å². The lowest BCUT2D eigenvalue weighted by atomic mass is 10.1. The van der Waals surface area contributed by atoms with Crippen molar-refractivity contribution in [2.45, 2.75) is 19.4 Å². The Morgan fingerprint density at radius 2 is 2.00 bits per heavy atom. The SMILES string of the molecule is O=C(Nc1ccc2cc(CN3CCCC3)cnc2c1)c1cccc(Br)c1F. The van der Waals surface area contributed by atoms with Crippen molar-refractivity contribution in [1.29, 1.82) is 0 Å². The van der Waals surface area contributed by atoms with Crippen molar-refractivity contribution < 1.29 is 9.18 Å². The van der Waals surface area contributed by atoms with Crippen molar-refractivity contribution in [3.8, 4) is 0 Å². The molecule has 138 valence electrons. The molecule has 27 heavy (non-hydrogen) atoms. The highest BCUT2D eigenvalue weighted by Crippen LogP contribution is 2.23. The van der Waals surface area contributed by atoms with Gasteiger partial charge in [-0.3, -0.25) is 14.7 Å². The van der Waals surface area contributed by atoms with Gasteiger partial charge in [-0.25, -0.2) is 4.39 Å². The average molecular weight is 428 g/mol. The van der Waals surface area contributed by atoms with Crippen LogP contribution in [0.25, 0.3) is 10.9 Å². The van der Waals surface area contributed by atoms with E-state index in [0.29, 0.717) is 5.69 Å². The van der Waals surface area contributed by atoms with Gasteiger partial charge in [-0.2, -0.15) is 0 Å². The van der Waals surface area contributed by atoms with Crippen LogP contribution in [0.4, 0.5) is 10.1 Å². The van der Waals surface area contributed by atoms with Crippen molar-refractivity contribution in [2.75, 3.05) is 18.4 Å². The number of nitrogens with zero attached hydrogens (tertiary/aromatic N) is 2. The first-order chi connectivity index (χ1) is 13.1. The van der Waals surface area contributed by atoms with E-state index in [9.17, 15) is 9.18 Å². The predicted molar refractivity (Wildman–Crippen MR) is 108 cm³/mol. The molecule has 1 aliphatic heterocycles. The Morgan fingerprint density at radius 3 is 2.81 bits per heavy atom. The molecule has 4 nitrogen and oxygen atoms in total. The summed E-state index contributed by atoms with van der Waals surface area (Å²) in [7, 11) is 0. The Hall–Kier alpha value is -2.31. The van der Waals surface area contributed by atoms with Gasteiger partial charge in [0.15, 0.2) is 0 Å². The Labute approximate surface area is 165 Å². The molecule has 0 radical (unpaired) electrons.